The predicted molar refractivity (Wildman–Crippen MR) is 78.7 cm³/mol. The van der Waals surface area contributed by atoms with Crippen molar-refractivity contribution in [1.29, 1.82) is 0 Å². The van der Waals surface area contributed by atoms with Crippen molar-refractivity contribution in [2.75, 3.05) is 5.32 Å². The summed E-state index contributed by atoms with van der Waals surface area (Å²) in [5.74, 6) is 0. The maximum atomic E-state index is 12.6. The molecule has 21 heavy (non-hydrogen) atoms. The van der Waals surface area contributed by atoms with E-state index in [-0.39, 0.29) is 5.02 Å². The van der Waals surface area contributed by atoms with Gasteiger partial charge in [-0.15, -0.1) is 0 Å². The van der Waals surface area contributed by atoms with E-state index in [1.165, 1.54) is 6.07 Å². The number of anilines is 1. The van der Waals surface area contributed by atoms with Gasteiger partial charge in [0.25, 0.3) is 0 Å². The van der Waals surface area contributed by atoms with Gasteiger partial charge in [0.15, 0.2) is 0 Å². The van der Waals surface area contributed by atoms with Crippen LogP contribution in [0.1, 0.15) is 22.5 Å². The zero-order valence-corrected chi connectivity index (χ0v) is 12.7. The summed E-state index contributed by atoms with van der Waals surface area (Å²) >= 11 is 5.91. The van der Waals surface area contributed by atoms with E-state index >= 15 is 0 Å². The quantitative estimate of drug-likeness (QED) is 0.850. The number of halogens is 4. The maximum Gasteiger partial charge on any atom is 0.416 e. The van der Waals surface area contributed by atoms with E-state index in [0.717, 1.165) is 29.1 Å². The molecule has 0 atom stereocenters. The van der Waals surface area contributed by atoms with Crippen molar-refractivity contribution in [1.82, 2.24) is 4.57 Å². The molecule has 114 valence electrons. The fourth-order valence-corrected chi connectivity index (χ4v) is 2.38. The highest BCUT2D eigenvalue weighted by Gasteiger charge is 2.30. The third kappa shape index (κ3) is 3.35. The molecule has 0 radical (unpaired) electrons. The van der Waals surface area contributed by atoms with Crippen LogP contribution in [0, 0.1) is 13.8 Å². The lowest BCUT2D eigenvalue weighted by atomic mass is 10.2. The van der Waals surface area contributed by atoms with Crippen LogP contribution in [0.3, 0.4) is 0 Å². The minimum absolute atomic E-state index is 0.0649. The van der Waals surface area contributed by atoms with E-state index in [1.54, 1.807) is 0 Å². The molecule has 2 aromatic rings. The molecule has 0 fully saturated rings. The van der Waals surface area contributed by atoms with Crippen LogP contribution in [-0.2, 0) is 19.8 Å². The van der Waals surface area contributed by atoms with Crippen LogP contribution in [-0.4, -0.2) is 4.57 Å². The molecule has 1 aromatic heterocycles. The van der Waals surface area contributed by atoms with Gasteiger partial charge in [-0.2, -0.15) is 13.2 Å². The van der Waals surface area contributed by atoms with E-state index < -0.39 is 11.7 Å². The Balaban J connectivity index is 2.15. The molecule has 0 aliphatic rings. The molecular weight excluding hydrogens is 301 g/mol. The minimum Gasteiger partial charge on any atom is -0.380 e. The van der Waals surface area contributed by atoms with Crippen molar-refractivity contribution in [3.63, 3.8) is 0 Å². The van der Waals surface area contributed by atoms with Gasteiger partial charge < -0.3 is 9.88 Å². The molecule has 1 N–H and O–H groups in total. The second-order valence-electron chi connectivity index (χ2n) is 5.00. The number of hydrogen-bond donors (Lipinski definition) is 1. The molecule has 0 saturated heterocycles. The van der Waals surface area contributed by atoms with Crippen molar-refractivity contribution >= 4 is 17.3 Å². The summed E-state index contributed by atoms with van der Waals surface area (Å²) in [6, 6.07) is 5.36. The topological polar surface area (TPSA) is 17.0 Å². The predicted octanol–water partition coefficient (Wildman–Crippen LogP) is 4.93. The molecule has 0 spiro atoms. The number of hydrogen-bond acceptors (Lipinski definition) is 1. The first kappa shape index (κ1) is 15.8. The maximum absolute atomic E-state index is 12.6. The van der Waals surface area contributed by atoms with Crippen LogP contribution < -0.4 is 5.32 Å². The molecule has 0 aliphatic carbocycles. The van der Waals surface area contributed by atoms with Crippen molar-refractivity contribution in [3.8, 4) is 0 Å². The van der Waals surface area contributed by atoms with Crippen LogP contribution in [0.5, 0.6) is 0 Å². The van der Waals surface area contributed by atoms with Gasteiger partial charge >= 0.3 is 6.18 Å². The molecule has 0 aliphatic heterocycles. The number of aromatic nitrogens is 1. The van der Waals surface area contributed by atoms with E-state index in [0.29, 0.717) is 12.2 Å². The van der Waals surface area contributed by atoms with Gasteiger partial charge in [-0.1, -0.05) is 11.6 Å². The summed E-state index contributed by atoms with van der Waals surface area (Å²) in [7, 11) is 1.97. The summed E-state index contributed by atoms with van der Waals surface area (Å²) < 4.78 is 39.8. The summed E-state index contributed by atoms with van der Waals surface area (Å²) in [6.07, 6.45) is -4.38. The second-order valence-corrected chi connectivity index (χ2v) is 5.41. The van der Waals surface area contributed by atoms with Gasteiger partial charge in [-0.25, -0.2) is 0 Å². The van der Waals surface area contributed by atoms with E-state index in [9.17, 15) is 13.2 Å². The van der Waals surface area contributed by atoms with Gasteiger partial charge in [0, 0.05) is 25.0 Å². The number of rotatable bonds is 3. The smallest absolute Gasteiger partial charge is 0.380 e. The van der Waals surface area contributed by atoms with Gasteiger partial charge in [0.2, 0.25) is 0 Å². The Morgan fingerprint density at radius 3 is 2.33 bits per heavy atom. The van der Waals surface area contributed by atoms with Gasteiger partial charge in [-0.05, 0) is 43.7 Å². The Labute approximate surface area is 126 Å². The molecule has 6 heteroatoms. The number of nitrogens with zero attached hydrogens (tertiary/aromatic N) is 1. The molecule has 1 heterocycles. The first-order valence-electron chi connectivity index (χ1n) is 6.42. The fraction of sp³-hybridized carbons (Fsp3) is 0.333. The Morgan fingerprint density at radius 2 is 1.86 bits per heavy atom. The molecule has 2 rings (SSSR count). The minimum atomic E-state index is -4.38. The largest absolute Gasteiger partial charge is 0.416 e. The fourth-order valence-electron chi connectivity index (χ4n) is 2.14. The highest BCUT2D eigenvalue weighted by molar-refractivity contribution is 6.33. The van der Waals surface area contributed by atoms with Crippen molar-refractivity contribution in [3.05, 3.63) is 51.8 Å². The van der Waals surface area contributed by atoms with Crippen LogP contribution in [0.15, 0.2) is 24.3 Å². The Kier molecular flexibility index (Phi) is 4.23. The molecular formula is C15H16ClF3N2. The second kappa shape index (κ2) is 5.64. The van der Waals surface area contributed by atoms with Crippen molar-refractivity contribution in [2.45, 2.75) is 26.6 Å². The highest BCUT2D eigenvalue weighted by atomic mass is 35.5. The first-order valence-corrected chi connectivity index (χ1v) is 6.80. The van der Waals surface area contributed by atoms with Gasteiger partial charge in [0.05, 0.1) is 16.3 Å². The standard InChI is InChI=1S/C15H16ClF3N2/c1-9-6-11(10(2)21(9)3)8-20-14-5-4-12(7-13(14)16)15(17,18)19/h4-7,20H,8H2,1-3H3. The average molecular weight is 317 g/mol. The lowest BCUT2D eigenvalue weighted by molar-refractivity contribution is -0.137. The summed E-state index contributed by atoms with van der Waals surface area (Å²) in [4.78, 5) is 0. The molecule has 0 saturated carbocycles. The zero-order chi connectivity index (χ0) is 15.8. The monoisotopic (exact) mass is 316 g/mol. The zero-order valence-electron chi connectivity index (χ0n) is 12.0. The molecule has 0 unspecified atom stereocenters. The normalized spacial score (nSPS) is 11.8. The Bertz CT molecular complexity index is 660. The third-order valence-electron chi connectivity index (χ3n) is 3.65. The molecule has 0 amide bonds. The molecule has 1 aromatic carbocycles. The average Bonchev–Trinajstić information content (AvgIpc) is 2.64. The van der Waals surface area contributed by atoms with Crippen LogP contribution in [0.2, 0.25) is 5.02 Å². The molecule has 2 nitrogen and oxygen atoms in total. The summed E-state index contributed by atoms with van der Waals surface area (Å²) in [5, 5.41) is 3.14. The van der Waals surface area contributed by atoms with E-state index in [1.807, 2.05) is 27.0 Å². The number of alkyl halides is 3. The Morgan fingerprint density at radius 1 is 1.19 bits per heavy atom. The van der Waals surface area contributed by atoms with Gasteiger partial charge in [-0.3, -0.25) is 0 Å². The van der Waals surface area contributed by atoms with Crippen molar-refractivity contribution in [2.24, 2.45) is 7.05 Å². The van der Waals surface area contributed by atoms with Crippen LogP contribution in [0.25, 0.3) is 0 Å². The highest BCUT2D eigenvalue weighted by Crippen LogP contribution is 2.34. The first-order chi connectivity index (χ1) is 9.70. The Hall–Kier alpha value is -1.62. The lowest BCUT2D eigenvalue weighted by Gasteiger charge is -2.12. The number of aryl methyl sites for hydroxylation is 1. The van der Waals surface area contributed by atoms with Gasteiger partial charge in [0.1, 0.15) is 0 Å². The third-order valence-corrected chi connectivity index (χ3v) is 3.96. The van der Waals surface area contributed by atoms with Crippen LogP contribution in [0.4, 0.5) is 18.9 Å². The molecule has 0 bridgehead atoms. The van der Waals surface area contributed by atoms with Crippen molar-refractivity contribution < 1.29 is 13.2 Å². The number of nitrogens with one attached hydrogen (secondary N) is 1. The van der Waals surface area contributed by atoms with E-state index in [2.05, 4.69) is 9.88 Å². The number of benzene rings is 1. The van der Waals surface area contributed by atoms with E-state index in [4.69, 9.17) is 11.6 Å². The summed E-state index contributed by atoms with van der Waals surface area (Å²) in [6.45, 7) is 4.51. The van der Waals surface area contributed by atoms with Crippen LogP contribution >= 0.6 is 11.6 Å². The SMILES string of the molecule is Cc1cc(CNc2ccc(C(F)(F)F)cc2Cl)c(C)n1C. The summed E-state index contributed by atoms with van der Waals surface area (Å²) in [5.41, 5.74) is 3.08. The lowest BCUT2D eigenvalue weighted by Crippen LogP contribution is -2.06.